The van der Waals surface area contributed by atoms with Crippen molar-refractivity contribution in [3.63, 3.8) is 0 Å². The number of aromatic nitrogens is 4. The second kappa shape index (κ2) is 6.44. The average molecular weight is 244 g/mol. The molecule has 0 spiro atoms. The molecule has 1 aromatic rings. The van der Waals surface area contributed by atoms with Gasteiger partial charge in [0, 0.05) is 13.6 Å². The van der Waals surface area contributed by atoms with E-state index >= 15 is 0 Å². The molecule has 8 heteroatoms. The highest BCUT2D eigenvalue weighted by Gasteiger charge is 2.16. The number of nitrogens with zero attached hydrogens (tertiary/aromatic N) is 4. The summed E-state index contributed by atoms with van der Waals surface area (Å²) in [5, 5.41) is 17.4. The zero-order valence-electron chi connectivity index (χ0n) is 9.60. The van der Waals surface area contributed by atoms with Crippen molar-refractivity contribution < 1.29 is 4.79 Å². The molecule has 1 amide bonds. The molecular weight excluding hydrogens is 228 g/mol. The molecule has 1 heterocycles. The van der Waals surface area contributed by atoms with E-state index in [0.29, 0.717) is 11.7 Å². The number of amides is 1. The van der Waals surface area contributed by atoms with Crippen molar-refractivity contribution in [1.82, 2.24) is 30.8 Å². The van der Waals surface area contributed by atoms with E-state index in [1.165, 1.54) is 11.8 Å². The van der Waals surface area contributed by atoms with Gasteiger partial charge in [0.2, 0.25) is 11.1 Å². The van der Waals surface area contributed by atoms with Gasteiger partial charge in [-0.25, -0.2) is 4.68 Å². The van der Waals surface area contributed by atoms with Crippen molar-refractivity contribution in [1.29, 1.82) is 0 Å². The number of hydrogen-bond donors (Lipinski definition) is 2. The smallest absolute Gasteiger partial charge is 0.233 e. The van der Waals surface area contributed by atoms with Crippen LogP contribution in [0.5, 0.6) is 0 Å². The third-order valence-corrected chi connectivity index (χ3v) is 3.04. The summed E-state index contributed by atoms with van der Waals surface area (Å²) in [7, 11) is 3.48. The highest BCUT2D eigenvalue weighted by molar-refractivity contribution is 8.00. The average Bonchev–Trinajstić information content (AvgIpc) is 2.72. The molecule has 0 fully saturated rings. The fourth-order valence-electron chi connectivity index (χ4n) is 1.05. The van der Waals surface area contributed by atoms with Gasteiger partial charge in [-0.1, -0.05) is 11.8 Å². The Hall–Kier alpha value is -1.15. The lowest BCUT2D eigenvalue weighted by molar-refractivity contribution is -0.119. The van der Waals surface area contributed by atoms with Crippen LogP contribution in [0.1, 0.15) is 6.92 Å². The molecule has 7 nitrogen and oxygen atoms in total. The topological polar surface area (TPSA) is 84.7 Å². The van der Waals surface area contributed by atoms with Crippen LogP contribution in [-0.4, -0.2) is 52.0 Å². The Morgan fingerprint density at radius 3 is 2.94 bits per heavy atom. The predicted molar refractivity (Wildman–Crippen MR) is 61.1 cm³/mol. The van der Waals surface area contributed by atoms with Gasteiger partial charge >= 0.3 is 0 Å². The van der Waals surface area contributed by atoms with Gasteiger partial charge in [0.15, 0.2) is 0 Å². The largest absolute Gasteiger partial charge is 0.358 e. The maximum Gasteiger partial charge on any atom is 0.233 e. The molecule has 0 bridgehead atoms. The lowest BCUT2D eigenvalue weighted by Gasteiger charge is -2.08. The monoisotopic (exact) mass is 244 g/mol. The summed E-state index contributed by atoms with van der Waals surface area (Å²) in [6, 6.07) is 0. The first kappa shape index (κ1) is 12.9. The summed E-state index contributed by atoms with van der Waals surface area (Å²) in [6.07, 6.45) is 0. The van der Waals surface area contributed by atoms with Crippen molar-refractivity contribution in [2.45, 2.75) is 23.9 Å². The van der Waals surface area contributed by atoms with Crippen LogP contribution < -0.4 is 10.6 Å². The molecule has 0 radical (unpaired) electrons. The number of likely N-dealkylation sites (N-methyl/N-ethyl adjacent to an activating group) is 1. The standard InChI is InChI=1S/C8H16N6OS/c1-6(7(15)10-3)16-8-11-12-13-14(8)5-4-9-2/h6,9H,4-5H2,1-3H3,(H,10,15). The Bertz CT molecular complexity index is 341. The molecule has 0 aliphatic rings. The van der Waals surface area contributed by atoms with Crippen molar-refractivity contribution in [2.24, 2.45) is 0 Å². The molecule has 2 N–H and O–H groups in total. The molecule has 1 unspecified atom stereocenters. The summed E-state index contributed by atoms with van der Waals surface area (Å²) >= 11 is 1.35. The molecule has 0 aromatic carbocycles. The van der Waals surface area contributed by atoms with Crippen LogP contribution in [0.25, 0.3) is 0 Å². The Morgan fingerprint density at radius 1 is 1.56 bits per heavy atom. The molecule has 0 aliphatic heterocycles. The predicted octanol–water partition coefficient (Wildman–Crippen LogP) is -0.881. The van der Waals surface area contributed by atoms with Gasteiger partial charge in [-0.15, -0.1) is 5.10 Å². The number of thioether (sulfide) groups is 1. The quantitative estimate of drug-likeness (QED) is 0.632. The number of carbonyl (C=O) groups is 1. The SMILES string of the molecule is CNCCn1nnnc1SC(C)C(=O)NC. The second-order valence-electron chi connectivity index (χ2n) is 3.16. The zero-order chi connectivity index (χ0) is 12.0. The maximum atomic E-state index is 11.3. The van der Waals surface area contributed by atoms with E-state index in [4.69, 9.17) is 0 Å². The van der Waals surface area contributed by atoms with Crippen molar-refractivity contribution >= 4 is 17.7 Å². The zero-order valence-corrected chi connectivity index (χ0v) is 10.4. The fourth-order valence-corrected chi connectivity index (χ4v) is 1.93. The first-order valence-electron chi connectivity index (χ1n) is 4.98. The second-order valence-corrected chi connectivity index (χ2v) is 4.47. The van der Waals surface area contributed by atoms with Gasteiger partial charge in [0.1, 0.15) is 0 Å². The van der Waals surface area contributed by atoms with Crippen molar-refractivity contribution in [3.05, 3.63) is 0 Å². The van der Waals surface area contributed by atoms with E-state index < -0.39 is 0 Å². The van der Waals surface area contributed by atoms with E-state index in [2.05, 4.69) is 26.2 Å². The molecule has 0 saturated carbocycles. The van der Waals surface area contributed by atoms with E-state index in [0.717, 1.165) is 6.54 Å². The third-order valence-electron chi connectivity index (χ3n) is 1.97. The Labute approximate surface area is 98.4 Å². The van der Waals surface area contributed by atoms with Gasteiger partial charge in [0.05, 0.1) is 11.8 Å². The van der Waals surface area contributed by atoms with Gasteiger partial charge in [-0.2, -0.15) is 0 Å². The van der Waals surface area contributed by atoms with E-state index in [-0.39, 0.29) is 11.2 Å². The minimum Gasteiger partial charge on any atom is -0.358 e. The van der Waals surface area contributed by atoms with Gasteiger partial charge < -0.3 is 10.6 Å². The number of nitrogens with one attached hydrogen (secondary N) is 2. The minimum absolute atomic E-state index is 0.0341. The lowest BCUT2D eigenvalue weighted by atomic mass is 10.4. The van der Waals surface area contributed by atoms with Crippen LogP contribution in [-0.2, 0) is 11.3 Å². The summed E-state index contributed by atoms with van der Waals surface area (Å²) in [5.41, 5.74) is 0. The van der Waals surface area contributed by atoms with Crippen molar-refractivity contribution in [3.8, 4) is 0 Å². The van der Waals surface area contributed by atoms with E-state index in [1.54, 1.807) is 11.7 Å². The molecular formula is C8H16N6OS. The van der Waals surface area contributed by atoms with E-state index in [9.17, 15) is 4.79 Å². The van der Waals surface area contributed by atoms with Crippen LogP contribution >= 0.6 is 11.8 Å². The fraction of sp³-hybridized carbons (Fsp3) is 0.750. The van der Waals surface area contributed by atoms with Crippen molar-refractivity contribution in [2.75, 3.05) is 20.6 Å². The molecule has 0 saturated heterocycles. The lowest BCUT2D eigenvalue weighted by Crippen LogP contribution is -2.27. The molecule has 16 heavy (non-hydrogen) atoms. The van der Waals surface area contributed by atoms with Gasteiger partial charge in [-0.05, 0) is 24.4 Å². The number of hydrogen-bond acceptors (Lipinski definition) is 6. The Kier molecular flexibility index (Phi) is 5.20. The normalized spacial score (nSPS) is 12.4. The molecule has 1 rings (SSSR count). The third kappa shape index (κ3) is 3.46. The summed E-state index contributed by atoms with van der Waals surface area (Å²) in [5.74, 6) is -0.0341. The molecule has 90 valence electrons. The Balaban J connectivity index is 2.59. The van der Waals surface area contributed by atoms with Crippen LogP contribution in [0.4, 0.5) is 0 Å². The Morgan fingerprint density at radius 2 is 2.31 bits per heavy atom. The highest BCUT2D eigenvalue weighted by Crippen LogP contribution is 2.19. The molecule has 0 aliphatic carbocycles. The van der Waals surface area contributed by atoms with Crippen LogP contribution in [0.15, 0.2) is 5.16 Å². The molecule has 1 aromatic heterocycles. The van der Waals surface area contributed by atoms with Gasteiger partial charge in [0.25, 0.3) is 0 Å². The highest BCUT2D eigenvalue weighted by atomic mass is 32.2. The van der Waals surface area contributed by atoms with E-state index in [1.807, 2.05) is 14.0 Å². The summed E-state index contributed by atoms with van der Waals surface area (Å²) in [4.78, 5) is 11.3. The number of carbonyl (C=O) groups excluding carboxylic acids is 1. The van der Waals surface area contributed by atoms with Crippen LogP contribution in [0, 0.1) is 0 Å². The minimum atomic E-state index is -0.204. The maximum absolute atomic E-state index is 11.3. The number of rotatable bonds is 6. The van der Waals surface area contributed by atoms with Gasteiger partial charge in [-0.3, -0.25) is 4.79 Å². The molecule has 1 atom stereocenters. The summed E-state index contributed by atoms with van der Waals surface area (Å²) < 4.78 is 1.68. The summed E-state index contributed by atoms with van der Waals surface area (Å²) in [6.45, 7) is 3.29. The van der Waals surface area contributed by atoms with Crippen LogP contribution in [0.3, 0.4) is 0 Å². The first-order valence-corrected chi connectivity index (χ1v) is 5.86. The number of tetrazole rings is 1. The van der Waals surface area contributed by atoms with Crippen LogP contribution in [0.2, 0.25) is 0 Å². The first-order chi connectivity index (χ1) is 7.69.